The summed E-state index contributed by atoms with van der Waals surface area (Å²) < 4.78 is 0. The van der Waals surface area contributed by atoms with Gasteiger partial charge in [-0.25, -0.2) is 0 Å². The molecule has 3 aromatic carbocycles. The Hall–Kier alpha value is -4.10. The van der Waals surface area contributed by atoms with Gasteiger partial charge in [-0.1, -0.05) is 42.5 Å². The van der Waals surface area contributed by atoms with Crippen molar-refractivity contribution in [2.45, 2.75) is 19.4 Å². The highest BCUT2D eigenvalue weighted by Crippen LogP contribution is 2.23. The zero-order valence-electron chi connectivity index (χ0n) is 18.8. The highest BCUT2D eigenvalue weighted by Gasteiger charge is 2.07. The number of phenolic OH excluding ortho intramolecular Hbond substituents is 2. The van der Waals surface area contributed by atoms with E-state index in [1.54, 1.807) is 24.3 Å². The first-order valence-corrected chi connectivity index (χ1v) is 11.2. The molecule has 4 aromatic rings. The van der Waals surface area contributed by atoms with E-state index in [-0.39, 0.29) is 17.5 Å². The number of hydrogen-bond donors (Lipinski definition) is 5. The van der Waals surface area contributed by atoms with Crippen molar-refractivity contribution in [3.8, 4) is 28.8 Å². The molecule has 1 heterocycles. The van der Waals surface area contributed by atoms with E-state index in [0.717, 1.165) is 36.1 Å². The minimum absolute atomic E-state index is 0.247. The summed E-state index contributed by atoms with van der Waals surface area (Å²) in [4.78, 5) is 8.29. The molecule has 34 heavy (non-hydrogen) atoms. The number of aromatic nitrogens is 2. The summed E-state index contributed by atoms with van der Waals surface area (Å²) in [6.45, 7) is 2.16. The fraction of sp³-hybridized carbons (Fsp3) is 0.185. The Morgan fingerprint density at radius 1 is 0.647 bits per heavy atom. The average Bonchev–Trinajstić information content (AvgIpc) is 2.84. The smallest absolute Gasteiger partial charge is 0.316 e. The van der Waals surface area contributed by atoms with Gasteiger partial charge in [-0.15, -0.1) is 0 Å². The zero-order chi connectivity index (χ0) is 23.8. The molecule has 1 aromatic heterocycles. The number of benzene rings is 3. The number of hydrogen-bond acceptors (Lipinski definition) is 7. The van der Waals surface area contributed by atoms with Gasteiger partial charge < -0.3 is 26.0 Å². The predicted molar refractivity (Wildman–Crippen MR) is 133 cm³/mol. The molecule has 174 valence electrons. The molecule has 0 saturated heterocycles. The van der Waals surface area contributed by atoms with Gasteiger partial charge >= 0.3 is 6.01 Å². The number of nitrogens with zero attached hydrogens (tertiary/aromatic N) is 2. The molecule has 7 heteroatoms. The van der Waals surface area contributed by atoms with Crippen LogP contribution in [0.4, 0.5) is 5.82 Å². The van der Waals surface area contributed by atoms with Gasteiger partial charge in [0.1, 0.15) is 17.3 Å². The Balaban J connectivity index is 1.33. The minimum Gasteiger partial charge on any atom is -0.508 e. The molecule has 7 nitrogen and oxygen atoms in total. The van der Waals surface area contributed by atoms with Crippen molar-refractivity contribution in [3.05, 3.63) is 95.6 Å². The lowest BCUT2D eigenvalue weighted by atomic mass is 10.1. The van der Waals surface area contributed by atoms with Crippen LogP contribution in [0.5, 0.6) is 17.5 Å². The molecule has 0 aliphatic carbocycles. The van der Waals surface area contributed by atoms with Gasteiger partial charge in [-0.3, -0.25) is 0 Å². The van der Waals surface area contributed by atoms with Crippen LogP contribution in [0.15, 0.2) is 78.9 Å². The van der Waals surface area contributed by atoms with Crippen molar-refractivity contribution in [2.75, 3.05) is 18.4 Å². The summed E-state index contributed by atoms with van der Waals surface area (Å²) in [5, 5.41) is 35.5. The monoisotopic (exact) mass is 456 g/mol. The average molecular weight is 457 g/mol. The first-order valence-electron chi connectivity index (χ1n) is 11.2. The van der Waals surface area contributed by atoms with Gasteiger partial charge in [0.25, 0.3) is 0 Å². The van der Waals surface area contributed by atoms with Gasteiger partial charge in [0.15, 0.2) is 0 Å². The number of anilines is 1. The fourth-order valence-corrected chi connectivity index (χ4v) is 3.64. The van der Waals surface area contributed by atoms with Crippen molar-refractivity contribution >= 4 is 5.82 Å². The third kappa shape index (κ3) is 6.70. The lowest BCUT2D eigenvalue weighted by Gasteiger charge is -2.10. The molecule has 0 bridgehead atoms. The van der Waals surface area contributed by atoms with Crippen LogP contribution in [-0.4, -0.2) is 38.4 Å². The number of nitrogens with one attached hydrogen (secondary N) is 2. The van der Waals surface area contributed by atoms with E-state index in [1.807, 2.05) is 42.5 Å². The number of phenols is 2. The molecule has 0 fully saturated rings. The van der Waals surface area contributed by atoms with Gasteiger partial charge in [-0.2, -0.15) is 9.97 Å². The predicted octanol–water partition coefficient (Wildman–Crippen LogP) is 4.25. The Morgan fingerprint density at radius 2 is 1.29 bits per heavy atom. The lowest BCUT2D eigenvalue weighted by Crippen LogP contribution is -2.16. The zero-order valence-corrected chi connectivity index (χ0v) is 18.8. The van der Waals surface area contributed by atoms with E-state index in [9.17, 15) is 15.3 Å². The van der Waals surface area contributed by atoms with Crippen molar-refractivity contribution in [1.29, 1.82) is 0 Å². The van der Waals surface area contributed by atoms with Gasteiger partial charge in [0.2, 0.25) is 0 Å². The van der Waals surface area contributed by atoms with Crippen LogP contribution in [0.25, 0.3) is 11.3 Å². The summed E-state index contributed by atoms with van der Waals surface area (Å²) >= 11 is 0. The highest BCUT2D eigenvalue weighted by molar-refractivity contribution is 5.63. The topological polar surface area (TPSA) is 111 Å². The Labute approximate surface area is 198 Å². The quantitative estimate of drug-likeness (QED) is 0.227. The molecule has 0 aliphatic heterocycles. The van der Waals surface area contributed by atoms with Crippen LogP contribution < -0.4 is 10.6 Å². The fourth-order valence-electron chi connectivity index (χ4n) is 3.64. The van der Waals surface area contributed by atoms with Gasteiger partial charge in [0.05, 0.1) is 5.69 Å². The van der Waals surface area contributed by atoms with Gasteiger partial charge in [-0.05, 0) is 66.4 Å². The molecule has 0 aliphatic rings. The van der Waals surface area contributed by atoms with Crippen LogP contribution in [-0.2, 0) is 19.4 Å². The first kappa shape index (κ1) is 23.1. The number of rotatable bonds is 10. The second kappa shape index (κ2) is 11.2. The summed E-state index contributed by atoms with van der Waals surface area (Å²) in [5.41, 5.74) is 4.92. The summed E-state index contributed by atoms with van der Waals surface area (Å²) in [5.74, 6) is 1.08. The molecule has 0 radical (unpaired) electrons. The van der Waals surface area contributed by atoms with E-state index in [0.29, 0.717) is 24.6 Å². The first-order chi connectivity index (χ1) is 16.5. The van der Waals surface area contributed by atoms with Crippen molar-refractivity contribution in [3.63, 3.8) is 0 Å². The Morgan fingerprint density at radius 3 is 1.97 bits per heavy atom. The van der Waals surface area contributed by atoms with E-state index < -0.39 is 0 Å². The summed E-state index contributed by atoms with van der Waals surface area (Å²) in [7, 11) is 0. The van der Waals surface area contributed by atoms with E-state index in [1.165, 1.54) is 5.56 Å². The molecule has 0 spiro atoms. The van der Waals surface area contributed by atoms with Crippen LogP contribution in [0.3, 0.4) is 0 Å². The van der Waals surface area contributed by atoms with Crippen LogP contribution >= 0.6 is 0 Å². The summed E-state index contributed by atoms with van der Waals surface area (Å²) in [6, 6.07) is 23.9. The maximum Gasteiger partial charge on any atom is 0.316 e. The summed E-state index contributed by atoms with van der Waals surface area (Å²) in [6.07, 6.45) is 1.63. The van der Waals surface area contributed by atoms with Crippen LogP contribution in [0, 0.1) is 0 Å². The third-order valence-electron chi connectivity index (χ3n) is 5.45. The van der Waals surface area contributed by atoms with Crippen molar-refractivity contribution in [1.82, 2.24) is 15.3 Å². The molecule has 0 saturated carbocycles. The van der Waals surface area contributed by atoms with Gasteiger partial charge in [0, 0.05) is 24.7 Å². The molecule has 0 unspecified atom stereocenters. The molecule has 0 atom stereocenters. The van der Waals surface area contributed by atoms with E-state index in [4.69, 9.17) is 0 Å². The van der Waals surface area contributed by atoms with Crippen LogP contribution in [0.2, 0.25) is 0 Å². The SMILES string of the molecule is Oc1ccc(CCNCc2cccc(-c3cc(NCCc4ccc(O)cc4)nc(O)n3)c2)cc1. The highest BCUT2D eigenvalue weighted by atomic mass is 16.3. The normalized spacial score (nSPS) is 10.8. The minimum atomic E-state index is -0.276. The molecule has 5 N–H and O–H groups in total. The standard InChI is InChI=1S/C27H28N4O3/c32-23-8-4-19(5-9-23)12-14-28-18-21-2-1-3-22(16-21)25-17-26(31-27(34)30-25)29-15-13-20-6-10-24(33)11-7-20/h1-11,16-17,28,32-33H,12-15,18H2,(H2,29,30,31,34). The maximum absolute atomic E-state index is 10.1. The van der Waals surface area contributed by atoms with Crippen LogP contribution in [0.1, 0.15) is 16.7 Å². The maximum atomic E-state index is 10.1. The Bertz CT molecular complexity index is 1210. The molecule has 0 amide bonds. The van der Waals surface area contributed by atoms with Crippen molar-refractivity contribution < 1.29 is 15.3 Å². The van der Waals surface area contributed by atoms with E-state index in [2.05, 4.69) is 32.7 Å². The third-order valence-corrected chi connectivity index (χ3v) is 5.45. The molecular weight excluding hydrogens is 428 g/mol. The van der Waals surface area contributed by atoms with E-state index >= 15 is 0 Å². The lowest BCUT2D eigenvalue weighted by molar-refractivity contribution is 0.432. The second-order valence-electron chi connectivity index (χ2n) is 8.08. The largest absolute Gasteiger partial charge is 0.508 e. The molecular formula is C27H28N4O3. The second-order valence-corrected chi connectivity index (χ2v) is 8.08. The van der Waals surface area contributed by atoms with Crippen molar-refractivity contribution in [2.24, 2.45) is 0 Å². The molecule has 4 rings (SSSR count). The number of aromatic hydroxyl groups is 3. The Kier molecular flexibility index (Phi) is 7.57.